The average Bonchev–Trinajstić information content (AvgIpc) is 2.96. The molecule has 1 atom stereocenters. The Kier molecular flexibility index (Phi) is 5.13. The number of benzene rings is 1. The number of methoxy groups -OCH3 is 1. The Morgan fingerprint density at radius 1 is 1.32 bits per heavy atom. The second kappa shape index (κ2) is 6.87. The molecular formula is C16H21FN2O3. The summed E-state index contributed by atoms with van der Waals surface area (Å²) in [6.07, 6.45) is 3.27. The van der Waals surface area contributed by atoms with E-state index in [1.807, 2.05) is 0 Å². The van der Waals surface area contributed by atoms with Crippen LogP contribution in [0, 0.1) is 5.82 Å². The summed E-state index contributed by atoms with van der Waals surface area (Å²) in [5.41, 5.74) is 5.92. The van der Waals surface area contributed by atoms with Crippen molar-refractivity contribution in [2.45, 2.75) is 43.7 Å². The molecule has 1 aromatic carbocycles. The third-order valence-electron chi connectivity index (χ3n) is 4.09. The Morgan fingerprint density at radius 3 is 2.45 bits per heavy atom. The molecule has 22 heavy (non-hydrogen) atoms. The molecule has 1 aliphatic rings. The number of rotatable bonds is 5. The van der Waals surface area contributed by atoms with Crippen LogP contribution in [0.3, 0.4) is 0 Å². The molecule has 0 radical (unpaired) electrons. The lowest BCUT2D eigenvalue weighted by atomic mass is 9.96. The van der Waals surface area contributed by atoms with Gasteiger partial charge in [-0.2, -0.15) is 0 Å². The number of hydrogen-bond acceptors (Lipinski definition) is 4. The van der Waals surface area contributed by atoms with Crippen molar-refractivity contribution in [1.82, 2.24) is 5.32 Å². The molecule has 1 aliphatic carbocycles. The van der Waals surface area contributed by atoms with Gasteiger partial charge in [0.05, 0.1) is 12.6 Å². The summed E-state index contributed by atoms with van der Waals surface area (Å²) >= 11 is 0. The van der Waals surface area contributed by atoms with Crippen LogP contribution in [0.2, 0.25) is 0 Å². The largest absolute Gasteiger partial charge is 0.467 e. The molecule has 0 saturated heterocycles. The number of ether oxygens (including phenoxy) is 1. The van der Waals surface area contributed by atoms with E-state index in [9.17, 15) is 14.0 Å². The summed E-state index contributed by atoms with van der Waals surface area (Å²) in [6, 6.07) is 4.94. The van der Waals surface area contributed by atoms with Gasteiger partial charge in [0.25, 0.3) is 0 Å². The number of nitrogens with two attached hydrogens (primary N) is 1. The van der Waals surface area contributed by atoms with Gasteiger partial charge in [-0.1, -0.05) is 25.0 Å². The highest BCUT2D eigenvalue weighted by Crippen LogP contribution is 2.27. The van der Waals surface area contributed by atoms with Crippen molar-refractivity contribution in [1.29, 1.82) is 0 Å². The zero-order valence-corrected chi connectivity index (χ0v) is 12.6. The van der Waals surface area contributed by atoms with Gasteiger partial charge in [-0.25, -0.2) is 9.18 Å². The smallest absolute Gasteiger partial charge is 0.328 e. The van der Waals surface area contributed by atoms with Crippen LogP contribution in [-0.4, -0.2) is 30.6 Å². The van der Waals surface area contributed by atoms with Crippen LogP contribution in [0.4, 0.5) is 4.39 Å². The summed E-state index contributed by atoms with van der Waals surface area (Å²) in [4.78, 5) is 24.2. The minimum Gasteiger partial charge on any atom is -0.467 e. The van der Waals surface area contributed by atoms with E-state index in [2.05, 4.69) is 5.32 Å². The predicted molar refractivity (Wildman–Crippen MR) is 79.4 cm³/mol. The number of halogens is 1. The summed E-state index contributed by atoms with van der Waals surface area (Å²) in [6.45, 7) is 0. The van der Waals surface area contributed by atoms with Crippen molar-refractivity contribution in [2.75, 3.05) is 7.11 Å². The number of amides is 1. The van der Waals surface area contributed by atoms with Crippen LogP contribution in [0.25, 0.3) is 0 Å². The molecular weight excluding hydrogens is 287 g/mol. The number of nitrogens with one attached hydrogen (secondary N) is 1. The number of carbonyl (C=O) groups is 2. The van der Waals surface area contributed by atoms with Crippen LogP contribution in [-0.2, 0) is 20.7 Å². The van der Waals surface area contributed by atoms with E-state index in [1.54, 1.807) is 12.1 Å². The van der Waals surface area contributed by atoms with Crippen LogP contribution >= 0.6 is 0 Å². The van der Waals surface area contributed by atoms with Crippen LogP contribution in [0.5, 0.6) is 0 Å². The summed E-state index contributed by atoms with van der Waals surface area (Å²) in [5, 5.41) is 2.68. The fraction of sp³-hybridized carbons (Fsp3) is 0.500. The van der Waals surface area contributed by atoms with Gasteiger partial charge in [-0.15, -0.1) is 0 Å². The minimum atomic E-state index is -0.908. The second-order valence-corrected chi connectivity index (χ2v) is 5.74. The van der Waals surface area contributed by atoms with Gasteiger partial charge >= 0.3 is 5.97 Å². The van der Waals surface area contributed by atoms with Gasteiger partial charge in [-0.05, 0) is 30.5 Å². The first-order valence-electron chi connectivity index (χ1n) is 7.37. The molecule has 1 amide bonds. The molecule has 0 bridgehead atoms. The molecule has 0 unspecified atom stereocenters. The quantitative estimate of drug-likeness (QED) is 0.803. The predicted octanol–water partition coefficient (Wildman–Crippen LogP) is 1.30. The zero-order chi connectivity index (χ0) is 16.2. The maximum Gasteiger partial charge on any atom is 0.328 e. The molecule has 1 fully saturated rings. The number of hydrogen-bond donors (Lipinski definition) is 2. The normalized spacial score (nSPS) is 17.8. The Labute approximate surface area is 129 Å². The van der Waals surface area contributed by atoms with Crippen LogP contribution in [0.15, 0.2) is 24.3 Å². The fourth-order valence-corrected chi connectivity index (χ4v) is 2.73. The summed E-state index contributed by atoms with van der Waals surface area (Å²) < 4.78 is 17.7. The van der Waals surface area contributed by atoms with Crippen LogP contribution < -0.4 is 11.1 Å². The molecule has 0 aromatic heterocycles. The number of carbonyl (C=O) groups excluding carboxylic acids is 2. The first-order chi connectivity index (χ1) is 10.4. The SMILES string of the molecule is COC(=O)[C@H](Cc1ccc(F)cc1)NC(=O)C1(N)CCCC1. The highest BCUT2D eigenvalue weighted by Gasteiger charge is 2.38. The lowest BCUT2D eigenvalue weighted by Crippen LogP contribution is -2.56. The molecule has 6 heteroatoms. The average molecular weight is 308 g/mol. The van der Waals surface area contributed by atoms with Crippen molar-refractivity contribution in [3.63, 3.8) is 0 Å². The first kappa shape index (κ1) is 16.4. The van der Waals surface area contributed by atoms with Gasteiger partial charge in [0.2, 0.25) is 5.91 Å². The Bertz CT molecular complexity index is 539. The van der Waals surface area contributed by atoms with Crippen molar-refractivity contribution >= 4 is 11.9 Å². The molecule has 5 nitrogen and oxygen atoms in total. The maximum absolute atomic E-state index is 12.9. The molecule has 3 N–H and O–H groups in total. The van der Waals surface area contributed by atoms with E-state index in [0.717, 1.165) is 18.4 Å². The molecule has 2 rings (SSSR count). The van der Waals surface area contributed by atoms with Gasteiger partial charge < -0.3 is 15.8 Å². The minimum absolute atomic E-state index is 0.231. The third kappa shape index (κ3) is 3.82. The lowest BCUT2D eigenvalue weighted by Gasteiger charge is -2.25. The second-order valence-electron chi connectivity index (χ2n) is 5.74. The molecule has 0 heterocycles. The van der Waals surface area contributed by atoms with Gasteiger partial charge in [0.15, 0.2) is 0 Å². The third-order valence-corrected chi connectivity index (χ3v) is 4.09. The van der Waals surface area contributed by atoms with Crippen molar-refractivity contribution in [3.05, 3.63) is 35.6 Å². The maximum atomic E-state index is 12.9. The lowest BCUT2D eigenvalue weighted by molar-refractivity contribution is -0.145. The molecule has 0 aliphatic heterocycles. The topological polar surface area (TPSA) is 81.4 Å². The summed E-state index contributed by atoms with van der Waals surface area (Å²) in [7, 11) is 1.26. The van der Waals surface area contributed by atoms with E-state index in [1.165, 1.54) is 19.2 Å². The van der Waals surface area contributed by atoms with E-state index in [4.69, 9.17) is 10.5 Å². The standard InChI is InChI=1S/C16H21FN2O3/c1-22-14(20)13(10-11-4-6-12(17)7-5-11)19-15(21)16(18)8-2-3-9-16/h4-7,13H,2-3,8-10,18H2,1H3,(H,19,21)/t13-/m0/s1. The molecule has 1 aromatic rings. The van der Waals surface area contributed by atoms with Crippen LogP contribution in [0.1, 0.15) is 31.2 Å². The highest BCUT2D eigenvalue weighted by atomic mass is 19.1. The Hall–Kier alpha value is -1.95. The fourth-order valence-electron chi connectivity index (χ4n) is 2.73. The van der Waals surface area contributed by atoms with Gasteiger partial charge in [-0.3, -0.25) is 4.79 Å². The van der Waals surface area contributed by atoms with Crippen molar-refractivity contribution in [2.24, 2.45) is 5.73 Å². The first-order valence-corrected chi connectivity index (χ1v) is 7.37. The molecule has 1 saturated carbocycles. The van der Waals surface area contributed by atoms with Crippen molar-refractivity contribution < 1.29 is 18.7 Å². The number of esters is 1. The van der Waals surface area contributed by atoms with E-state index >= 15 is 0 Å². The van der Waals surface area contributed by atoms with E-state index < -0.39 is 17.6 Å². The van der Waals surface area contributed by atoms with E-state index in [0.29, 0.717) is 12.8 Å². The summed E-state index contributed by atoms with van der Waals surface area (Å²) in [5.74, 6) is -1.23. The monoisotopic (exact) mass is 308 g/mol. The molecule has 120 valence electrons. The Morgan fingerprint density at radius 2 is 1.91 bits per heavy atom. The van der Waals surface area contributed by atoms with Gasteiger partial charge in [0.1, 0.15) is 11.9 Å². The molecule has 0 spiro atoms. The zero-order valence-electron chi connectivity index (χ0n) is 12.6. The highest BCUT2D eigenvalue weighted by molar-refractivity contribution is 5.90. The van der Waals surface area contributed by atoms with E-state index in [-0.39, 0.29) is 18.1 Å². The van der Waals surface area contributed by atoms with Crippen molar-refractivity contribution in [3.8, 4) is 0 Å². The Balaban J connectivity index is 2.07. The van der Waals surface area contributed by atoms with Gasteiger partial charge in [0, 0.05) is 6.42 Å².